The number of ether oxygens (including phenoxy) is 1. The van der Waals surface area contributed by atoms with Crippen molar-refractivity contribution >= 4 is 11.9 Å². The third-order valence-electron chi connectivity index (χ3n) is 3.59. The summed E-state index contributed by atoms with van der Waals surface area (Å²) in [7, 11) is 0. The van der Waals surface area contributed by atoms with E-state index >= 15 is 0 Å². The highest BCUT2D eigenvalue weighted by atomic mass is 16.5. The average molecular weight is 327 g/mol. The molecule has 5 nitrogen and oxygen atoms in total. The van der Waals surface area contributed by atoms with Gasteiger partial charge in [0.05, 0.1) is 18.6 Å². The van der Waals surface area contributed by atoms with Crippen LogP contribution in [0.15, 0.2) is 48.5 Å². The molecule has 2 N–H and O–H groups in total. The molecule has 2 rings (SSSR count). The molecule has 0 unspecified atom stereocenters. The van der Waals surface area contributed by atoms with Crippen LogP contribution in [0, 0.1) is 0 Å². The Morgan fingerprint density at radius 1 is 1.08 bits per heavy atom. The molecule has 0 heterocycles. The Morgan fingerprint density at radius 3 is 2.50 bits per heavy atom. The van der Waals surface area contributed by atoms with Crippen molar-refractivity contribution in [2.75, 3.05) is 6.61 Å². The molecule has 0 spiro atoms. The van der Waals surface area contributed by atoms with Crippen LogP contribution < -0.4 is 10.1 Å². The predicted molar refractivity (Wildman–Crippen MR) is 91.2 cm³/mol. The Bertz CT molecular complexity index is 695. The third kappa shape index (κ3) is 5.43. The number of amides is 1. The van der Waals surface area contributed by atoms with Crippen LogP contribution in [0.25, 0.3) is 0 Å². The van der Waals surface area contributed by atoms with Crippen molar-refractivity contribution in [3.63, 3.8) is 0 Å². The molecular weight excluding hydrogens is 306 g/mol. The molecule has 0 radical (unpaired) electrons. The molecule has 0 aliphatic rings. The van der Waals surface area contributed by atoms with E-state index in [1.165, 1.54) is 11.6 Å². The van der Waals surface area contributed by atoms with Gasteiger partial charge in [0.15, 0.2) is 0 Å². The maximum absolute atomic E-state index is 11.8. The van der Waals surface area contributed by atoms with Gasteiger partial charge in [0.1, 0.15) is 5.75 Å². The zero-order valence-electron chi connectivity index (χ0n) is 13.6. The van der Waals surface area contributed by atoms with Crippen molar-refractivity contribution in [2.45, 2.75) is 26.3 Å². The quantitative estimate of drug-likeness (QED) is 0.781. The average Bonchev–Trinajstić information content (AvgIpc) is 2.61. The highest BCUT2D eigenvalue weighted by molar-refractivity contribution is 5.87. The molecule has 0 bridgehead atoms. The summed E-state index contributed by atoms with van der Waals surface area (Å²) in [5.41, 5.74) is 2.20. The molecule has 24 heavy (non-hydrogen) atoms. The fourth-order valence-corrected chi connectivity index (χ4v) is 2.19. The second-order valence-corrected chi connectivity index (χ2v) is 5.38. The smallest absolute Gasteiger partial charge is 0.335 e. The molecule has 2 aromatic rings. The van der Waals surface area contributed by atoms with Crippen molar-refractivity contribution in [1.82, 2.24) is 5.32 Å². The largest absolute Gasteiger partial charge is 0.493 e. The van der Waals surface area contributed by atoms with Gasteiger partial charge in [-0.1, -0.05) is 31.2 Å². The van der Waals surface area contributed by atoms with Crippen molar-refractivity contribution in [3.05, 3.63) is 65.2 Å². The van der Waals surface area contributed by atoms with Gasteiger partial charge < -0.3 is 15.2 Å². The first kappa shape index (κ1) is 17.5. The lowest BCUT2D eigenvalue weighted by Crippen LogP contribution is -2.24. The number of carbonyl (C=O) groups is 2. The van der Waals surface area contributed by atoms with Gasteiger partial charge in [-0.05, 0) is 41.8 Å². The topological polar surface area (TPSA) is 75.6 Å². The van der Waals surface area contributed by atoms with Crippen LogP contribution in [0.4, 0.5) is 0 Å². The first-order valence-corrected chi connectivity index (χ1v) is 7.89. The van der Waals surface area contributed by atoms with E-state index < -0.39 is 5.97 Å². The molecule has 0 atom stereocenters. The van der Waals surface area contributed by atoms with Gasteiger partial charge in [0.25, 0.3) is 0 Å². The molecule has 0 saturated carbocycles. The monoisotopic (exact) mass is 327 g/mol. The van der Waals surface area contributed by atoms with Crippen LogP contribution in [0.5, 0.6) is 5.75 Å². The van der Waals surface area contributed by atoms with E-state index in [9.17, 15) is 9.59 Å². The molecule has 0 aliphatic heterocycles. The lowest BCUT2D eigenvalue weighted by Gasteiger charge is -2.08. The minimum absolute atomic E-state index is 0.138. The number of aryl methyl sites for hydroxylation is 1. The molecule has 0 saturated heterocycles. The SMILES string of the molecule is CCc1ccc(OCCC(=O)NCc2cccc(C(=O)O)c2)cc1. The fraction of sp³-hybridized carbons (Fsp3) is 0.263. The summed E-state index contributed by atoms with van der Waals surface area (Å²) in [6.07, 6.45) is 1.22. The van der Waals surface area contributed by atoms with Gasteiger partial charge in [-0.2, -0.15) is 0 Å². The van der Waals surface area contributed by atoms with Crippen LogP contribution in [0.1, 0.15) is 34.8 Å². The molecule has 126 valence electrons. The second kappa shape index (κ2) is 8.72. The Hall–Kier alpha value is -2.82. The van der Waals surface area contributed by atoms with Crippen LogP contribution in [-0.4, -0.2) is 23.6 Å². The summed E-state index contributed by atoms with van der Waals surface area (Å²) in [6.45, 7) is 2.68. The summed E-state index contributed by atoms with van der Waals surface area (Å²) in [5, 5.41) is 11.7. The number of carbonyl (C=O) groups excluding carboxylic acids is 1. The first-order chi connectivity index (χ1) is 11.6. The van der Waals surface area contributed by atoms with Crippen LogP contribution >= 0.6 is 0 Å². The van der Waals surface area contributed by atoms with E-state index in [0.29, 0.717) is 13.2 Å². The zero-order chi connectivity index (χ0) is 17.4. The lowest BCUT2D eigenvalue weighted by atomic mass is 10.1. The van der Waals surface area contributed by atoms with E-state index in [1.807, 2.05) is 24.3 Å². The van der Waals surface area contributed by atoms with Gasteiger partial charge >= 0.3 is 5.97 Å². The molecule has 1 amide bonds. The van der Waals surface area contributed by atoms with Gasteiger partial charge in [0, 0.05) is 6.54 Å². The maximum atomic E-state index is 11.8. The van der Waals surface area contributed by atoms with Crippen LogP contribution in [0.3, 0.4) is 0 Å². The van der Waals surface area contributed by atoms with Crippen molar-refractivity contribution in [2.24, 2.45) is 0 Å². The number of benzene rings is 2. The van der Waals surface area contributed by atoms with E-state index in [2.05, 4.69) is 12.2 Å². The first-order valence-electron chi connectivity index (χ1n) is 7.89. The summed E-state index contributed by atoms with van der Waals surface area (Å²) >= 11 is 0. The lowest BCUT2D eigenvalue weighted by molar-refractivity contribution is -0.121. The molecular formula is C19H21NO4. The fourth-order valence-electron chi connectivity index (χ4n) is 2.19. The number of hydrogen-bond donors (Lipinski definition) is 2. The summed E-state index contributed by atoms with van der Waals surface area (Å²) in [4.78, 5) is 22.7. The van der Waals surface area contributed by atoms with Crippen LogP contribution in [0.2, 0.25) is 0 Å². The second-order valence-electron chi connectivity index (χ2n) is 5.38. The Morgan fingerprint density at radius 2 is 1.83 bits per heavy atom. The van der Waals surface area contributed by atoms with Crippen molar-refractivity contribution < 1.29 is 19.4 Å². The zero-order valence-corrected chi connectivity index (χ0v) is 13.6. The number of carboxylic acid groups (broad SMARTS) is 1. The Labute approximate surface area is 141 Å². The van der Waals surface area contributed by atoms with E-state index in [4.69, 9.17) is 9.84 Å². The molecule has 2 aromatic carbocycles. The number of nitrogens with one attached hydrogen (secondary N) is 1. The van der Waals surface area contributed by atoms with E-state index in [1.54, 1.807) is 18.2 Å². The highest BCUT2D eigenvalue weighted by Gasteiger charge is 2.05. The minimum atomic E-state index is -0.981. The third-order valence-corrected chi connectivity index (χ3v) is 3.59. The van der Waals surface area contributed by atoms with Gasteiger partial charge in [-0.3, -0.25) is 4.79 Å². The Balaban J connectivity index is 1.73. The van der Waals surface area contributed by atoms with E-state index in [-0.39, 0.29) is 17.9 Å². The predicted octanol–water partition coefficient (Wildman–Crippen LogP) is 3.03. The summed E-state index contributed by atoms with van der Waals surface area (Å²) in [5.74, 6) is -0.374. The van der Waals surface area contributed by atoms with E-state index in [0.717, 1.165) is 17.7 Å². The summed E-state index contributed by atoms with van der Waals surface area (Å²) < 4.78 is 5.54. The van der Waals surface area contributed by atoms with Gasteiger partial charge in [-0.15, -0.1) is 0 Å². The molecule has 0 fully saturated rings. The van der Waals surface area contributed by atoms with Crippen molar-refractivity contribution in [3.8, 4) is 5.75 Å². The van der Waals surface area contributed by atoms with Crippen molar-refractivity contribution in [1.29, 1.82) is 0 Å². The van der Waals surface area contributed by atoms with Crippen LogP contribution in [-0.2, 0) is 17.8 Å². The normalized spacial score (nSPS) is 10.2. The molecule has 5 heteroatoms. The number of rotatable bonds is 8. The summed E-state index contributed by atoms with van der Waals surface area (Å²) in [6, 6.07) is 14.3. The standard InChI is InChI=1S/C19H21NO4/c1-2-14-6-8-17(9-7-14)24-11-10-18(21)20-13-15-4-3-5-16(12-15)19(22)23/h3-9,12H,2,10-11,13H2,1H3,(H,20,21)(H,22,23). The maximum Gasteiger partial charge on any atom is 0.335 e. The molecule has 0 aromatic heterocycles. The highest BCUT2D eigenvalue weighted by Crippen LogP contribution is 2.12. The molecule has 0 aliphatic carbocycles. The number of carboxylic acids is 1. The van der Waals surface area contributed by atoms with Gasteiger partial charge in [0.2, 0.25) is 5.91 Å². The number of hydrogen-bond acceptors (Lipinski definition) is 3. The number of aromatic carboxylic acids is 1. The Kier molecular flexibility index (Phi) is 6.37. The minimum Gasteiger partial charge on any atom is -0.493 e. The van der Waals surface area contributed by atoms with Gasteiger partial charge in [-0.25, -0.2) is 4.79 Å².